The summed E-state index contributed by atoms with van der Waals surface area (Å²) in [6.07, 6.45) is -1.61. The van der Waals surface area contributed by atoms with Crippen LogP contribution in [0.1, 0.15) is 42.4 Å². The number of carbonyl (C=O) groups excluding carboxylic acids is 2. The Labute approximate surface area is 203 Å². The zero-order chi connectivity index (χ0) is 26.8. The van der Waals surface area contributed by atoms with Gasteiger partial charge in [0.1, 0.15) is 11.4 Å². The average molecular weight is 508 g/mol. The van der Waals surface area contributed by atoms with E-state index in [0.717, 1.165) is 19.4 Å². The number of alkyl halides is 3. The maximum atomic E-state index is 15.3. The van der Waals surface area contributed by atoms with Gasteiger partial charge < -0.3 is 18.6 Å². The number of hydrogen-bond donors (Lipinski definition) is 0. The molecule has 8 nitrogen and oxygen atoms in total. The van der Waals surface area contributed by atoms with Crippen LogP contribution in [0.3, 0.4) is 0 Å². The molecule has 0 fully saturated rings. The lowest BCUT2D eigenvalue weighted by Crippen LogP contribution is -2.29. The number of esters is 1. The highest BCUT2D eigenvalue weighted by Gasteiger charge is 2.36. The molecule has 0 aliphatic carbocycles. The summed E-state index contributed by atoms with van der Waals surface area (Å²) in [4.78, 5) is 31.8. The molecule has 1 amide bonds. The van der Waals surface area contributed by atoms with E-state index in [2.05, 4.69) is 14.7 Å². The van der Waals surface area contributed by atoms with E-state index >= 15 is 4.39 Å². The smallest absolute Gasteiger partial charge is 0.437 e. The molecule has 0 saturated carbocycles. The van der Waals surface area contributed by atoms with E-state index in [1.54, 1.807) is 40.2 Å². The van der Waals surface area contributed by atoms with Crippen molar-refractivity contribution in [3.8, 4) is 11.1 Å². The van der Waals surface area contributed by atoms with Crippen molar-refractivity contribution >= 4 is 12.1 Å². The minimum atomic E-state index is -4.86. The van der Waals surface area contributed by atoms with E-state index in [9.17, 15) is 22.8 Å². The highest BCUT2D eigenvalue weighted by Crippen LogP contribution is 2.37. The molecule has 0 radical (unpaired) electrons. The van der Waals surface area contributed by atoms with Gasteiger partial charge in [0, 0.05) is 36.8 Å². The van der Waals surface area contributed by atoms with Crippen molar-refractivity contribution in [2.75, 3.05) is 7.11 Å². The Morgan fingerprint density at radius 2 is 1.81 bits per heavy atom. The molecule has 0 aliphatic rings. The quantitative estimate of drug-likeness (QED) is 0.376. The molecule has 192 valence electrons. The summed E-state index contributed by atoms with van der Waals surface area (Å²) in [5.74, 6) is -2.24. The minimum Gasteiger partial charge on any atom is -0.465 e. The second-order valence-corrected chi connectivity index (χ2v) is 8.82. The van der Waals surface area contributed by atoms with Crippen molar-refractivity contribution < 1.29 is 36.6 Å². The molecular formula is C24H24F4N4O4. The second kappa shape index (κ2) is 9.96. The van der Waals surface area contributed by atoms with Crippen LogP contribution in [-0.4, -0.2) is 38.9 Å². The number of rotatable bonds is 4. The lowest BCUT2D eigenvalue weighted by atomic mass is 9.97. The number of pyridine rings is 1. The molecule has 0 spiro atoms. The number of aromatic nitrogens is 3. The van der Waals surface area contributed by atoms with E-state index < -0.39 is 52.0 Å². The van der Waals surface area contributed by atoms with Crippen molar-refractivity contribution in [3.63, 3.8) is 0 Å². The SMILES string of the molecule is COC(=O)c1cc(Cn2ccn(C)/c2=N\C(=O)OC(C)(C)C)cc(-c2cccnc2C(F)(F)F)c1F. The minimum absolute atomic E-state index is 0.0681. The molecule has 12 heteroatoms. The van der Waals surface area contributed by atoms with Crippen LogP contribution in [0.4, 0.5) is 22.4 Å². The van der Waals surface area contributed by atoms with Crippen LogP contribution in [0.15, 0.2) is 47.8 Å². The van der Waals surface area contributed by atoms with E-state index in [4.69, 9.17) is 4.74 Å². The molecule has 0 aliphatic heterocycles. The highest BCUT2D eigenvalue weighted by atomic mass is 19.4. The fourth-order valence-corrected chi connectivity index (χ4v) is 3.42. The summed E-state index contributed by atoms with van der Waals surface area (Å²) in [5.41, 5.74) is -3.24. The van der Waals surface area contributed by atoms with Gasteiger partial charge >= 0.3 is 18.2 Å². The van der Waals surface area contributed by atoms with E-state index in [-0.39, 0.29) is 17.7 Å². The normalized spacial score (nSPS) is 12.5. The number of aryl methyl sites for hydroxylation is 1. The molecule has 3 aromatic rings. The van der Waals surface area contributed by atoms with Crippen molar-refractivity contribution in [2.24, 2.45) is 12.0 Å². The van der Waals surface area contributed by atoms with E-state index in [1.165, 1.54) is 27.3 Å². The average Bonchev–Trinajstić information content (AvgIpc) is 3.11. The van der Waals surface area contributed by atoms with Crippen LogP contribution in [0, 0.1) is 5.82 Å². The number of carbonyl (C=O) groups is 2. The Bertz CT molecular complexity index is 1370. The summed E-state index contributed by atoms with van der Waals surface area (Å²) in [6, 6.07) is 4.66. The van der Waals surface area contributed by atoms with Crippen molar-refractivity contribution in [1.82, 2.24) is 14.1 Å². The Hall–Kier alpha value is -3.96. The van der Waals surface area contributed by atoms with Gasteiger partial charge in [-0.05, 0) is 44.5 Å². The maximum Gasteiger partial charge on any atom is 0.437 e. The number of amides is 1. The van der Waals surface area contributed by atoms with Crippen LogP contribution < -0.4 is 5.62 Å². The van der Waals surface area contributed by atoms with Crippen LogP contribution in [0.25, 0.3) is 11.1 Å². The fourth-order valence-electron chi connectivity index (χ4n) is 3.42. The topological polar surface area (TPSA) is 87.7 Å². The van der Waals surface area contributed by atoms with Crippen LogP contribution in [0.5, 0.6) is 0 Å². The van der Waals surface area contributed by atoms with Crippen LogP contribution in [0.2, 0.25) is 0 Å². The molecule has 0 saturated heterocycles. The third-order valence-electron chi connectivity index (χ3n) is 4.88. The monoisotopic (exact) mass is 508 g/mol. The highest BCUT2D eigenvalue weighted by molar-refractivity contribution is 5.92. The summed E-state index contributed by atoms with van der Waals surface area (Å²) in [5, 5.41) is 0. The number of methoxy groups -OCH3 is 1. The van der Waals surface area contributed by atoms with Crippen molar-refractivity contribution in [3.05, 3.63) is 71.1 Å². The summed E-state index contributed by atoms with van der Waals surface area (Å²) >= 11 is 0. The largest absolute Gasteiger partial charge is 0.465 e. The van der Waals surface area contributed by atoms with Gasteiger partial charge in [0.25, 0.3) is 0 Å². The zero-order valence-electron chi connectivity index (χ0n) is 20.2. The summed E-state index contributed by atoms with van der Waals surface area (Å²) in [7, 11) is 2.66. The molecule has 36 heavy (non-hydrogen) atoms. The Balaban J connectivity index is 2.17. The lowest BCUT2D eigenvalue weighted by molar-refractivity contribution is -0.140. The predicted octanol–water partition coefficient (Wildman–Crippen LogP) is 4.72. The van der Waals surface area contributed by atoms with Crippen LogP contribution >= 0.6 is 0 Å². The number of ether oxygens (including phenoxy) is 2. The van der Waals surface area contributed by atoms with Gasteiger partial charge in [0.05, 0.1) is 19.2 Å². The third kappa shape index (κ3) is 5.99. The van der Waals surface area contributed by atoms with E-state index in [0.29, 0.717) is 0 Å². The van der Waals surface area contributed by atoms with Gasteiger partial charge in [0.2, 0.25) is 5.62 Å². The number of imidazole rings is 1. The molecule has 0 bridgehead atoms. The molecule has 0 N–H and O–H groups in total. The number of hydrogen-bond acceptors (Lipinski definition) is 5. The third-order valence-corrected chi connectivity index (χ3v) is 4.88. The van der Waals surface area contributed by atoms with Gasteiger partial charge in [-0.3, -0.25) is 4.98 Å². The maximum absolute atomic E-state index is 15.3. The predicted molar refractivity (Wildman–Crippen MR) is 120 cm³/mol. The number of nitrogens with zero attached hydrogens (tertiary/aromatic N) is 4. The molecule has 0 atom stereocenters. The Morgan fingerprint density at radius 3 is 2.42 bits per heavy atom. The van der Waals surface area contributed by atoms with E-state index in [1.807, 2.05) is 0 Å². The molecule has 2 aromatic heterocycles. The van der Waals surface area contributed by atoms with Crippen molar-refractivity contribution in [1.29, 1.82) is 0 Å². The summed E-state index contributed by atoms with van der Waals surface area (Å²) < 4.78 is 69.0. The van der Waals surface area contributed by atoms with Gasteiger partial charge in [-0.25, -0.2) is 14.0 Å². The lowest BCUT2D eigenvalue weighted by Gasteiger charge is -2.17. The van der Waals surface area contributed by atoms with Gasteiger partial charge in [-0.2, -0.15) is 13.2 Å². The van der Waals surface area contributed by atoms with Gasteiger partial charge in [0.15, 0.2) is 5.69 Å². The first-order valence-corrected chi connectivity index (χ1v) is 10.6. The molecule has 0 unspecified atom stereocenters. The molecule has 1 aromatic carbocycles. The van der Waals surface area contributed by atoms with Crippen molar-refractivity contribution in [2.45, 2.75) is 39.1 Å². The molecule has 2 heterocycles. The molecular weight excluding hydrogens is 484 g/mol. The number of halogens is 4. The first kappa shape index (κ1) is 26.6. The van der Waals surface area contributed by atoms with Crippen LogP contribution in [-0.2, 0) is 29.2 Å². The van der Waals surface area contributed by atoms with Gasteiger partial charge in [-0.15, -0.1) is 4.99 Å². The van der Waals surface area contributed by atoms with Gasteiger partial charge in [-0.1, -0.05) is 6.07 Å². The Morgan fingerprint density at radius 1 is 1.11 bits per heavy atom. The Kier molecular flexibility index (Phi) is 7.37. The standard InChI is InChI=1S/C24H24F4N4O4/c1-23(2,3)36-22(34)30-21-31(4)9-10-32(21)13-14-11-16(18(25)17(12-14)20(33)35-5)15-7-6-8-29-19(15)24(26,27)28/h6-12H,13H2,1-5H3/b30-21+. The number of benzene rings is 1. The second-order valence-electron chi connectivity index (χ2n) is 8.82. The molecule has 3 rings (SSSR count). The first-order chi connectivity index (χ1) is 16.7. The fraction of sp³-hybridized carbons (Fsp3) is 0.333. The first-order valence-electron chi connectivity index (χ1n) is 10.6. The zero-order valence-corrected chi connectivity index (χ0v) is 20.2. The summed E-state index contributed by atoms with van der Waals surface area (Å²) in [6.45, 7) is 4.98.